The molecule has 0 bridgehead atoms. The molecule has 5 rings (SSSR count). The van der Waals surface area contributed by atoms with Crippen LogP contribution < -0.4 is 5.73 Å². The molecular formula is C30H40FN7O. The van der Waals surface area contributed by atoms with E-state index in [0.29, 0.717) is 26.2 Å². The fraction of sp³-hybridized carbons (Fsp3) is 0.467. The van der Waals surface area contributed by atoms with Crippen LogP contribution in [0.15, 0.2) is 67.8 Å². The van der Waals surface area contributed by atoms with Crippen molar-refractivity contribution in [3.63, 3.8) is 0 Å². The number of amides is 1. The minimum Gasteiger partial charge on any atom is -0.405 e. The van der Waals surface area contributed by atoms with E-state index in [1.165, 1.54) is 6.20 Å². The molecule has 8 nitrogen and oxygen atoms in total. The van der Waals surface area contributed by atoms with Crippen LogP contribution in [0.25, 0.3) is 11.2 Å². The van der Waals surface area contributed by atoms with Crippen molar-refractivity contribution in [3.05, 3.63) is 79.2 Å². The van der Waals surface area contributed by atoms with E-state index < -0.39 is 5.67 Å². The molecular weight excluding hydrogens is 493 g/mol. The maximum atomic E-state index is 15.8. The number of alkyl halides is 1. The minimum absolute atomic E-state index is 0.205. The molecule has 0 aliphatic carbocycles. The predicted molar refractivity (Wildman–Crippen MR) is 152 cm³/mol. The number of piperidine rings is 2. The van der Waals surface area contributed by atoms with Crippen molar-refractivity contribution < 1.29 is 9.18 Å². The summed E-state index contributed by atoms with van der Waals surface area (Å²) in [6, 6.07) is 8.06. The van der Waals surface area contributed by atoms with Gasteiger partial charge in [-0.2, -0.15) is 0 Å². The van der Waals surface area contributed by atoms with Gasteiger partial charge in [-0.1, -0.05) is 31.7 Å². The summed E-state index contributed by atoms with van der Waals surface area (Å²) in [6.07, 6.45) is 14.8. The van der Waals surface area contributed by atoms with E-state index in [4.69, 9.17) is 4.98 Å². The predicted octanol–water partition coefficient (Wildman–Crippen LogP) is 4.59. The van der Waals surface area contributed by atoms with E-state index in [1.54, 1.807) is 17.3 Å². The number of allylic oxidation sites excluding steroid dienone is 2. The Balaban J connectivity index is 0.00000112. The first-order valence-electron chi connectivity index (χ1n) is 13.9. The molecule has 0 unspecified atom stereocenters. The highest BCUT2D eigenvalue weighted by Gasteiger charge is 2.45. The van der Waals surface area contributed by atoms with Crippen LogP contribution in [-0.4, -0.2) is 67.1 Å². The number of pyridine rings is 2. The Morgan fingerprint density at radius 3 is 2.54 bits per heavy atom. The van der Waals surface area contributed by atoms with Gasteiger partial charge in [-0.15, -0.1) is 0 Å². The van der Waals surface area contributed by atoms with Crippen molar-refractivity contribution in [3.8, 4) is 0 Å². The lowest BCUT2D eigenvalue weighted by atomic mass is 9.90. The lowest BCUT2D eigenvalue weighted by Crippen LogP contribution is -2.54. The number of carbonyl (C=O) groups is 1. The van der Waals surface area contributed by atoms with Crippen LogP contribution in [0.4, 0.5) is 4.39 Å². The third-order valence-electron chi connectivity index (χ3n) is 7.50. The zero-order valence-electron chi connectivity index (χ0n) is 22.9. The van der Waals surface area contributed by atoms with Gasteiger partial charge in [0, 0.05) is 76.6 Å². The number of halogens is 1. The summed E-state index contributed by atoms with van der Waals surface area (Å²) in [5, 5.41) is 0. The zero-order valence-corrected chi connectivity index (χ0v) is 22.9. The molecule has 2 saturated heterocycles. The Morgan fingerprint density at radius 2 is 1.87 bits per heavy atom. The van der Waals surface area contributed by atoms with Crippen molar-refractivity contribution in [2.45, 2.75) is 63.7 Å². The smallest absolute Gasteiger partial charge is 0.260 e. The summed E-state index contributed by atoms with van der Waals surface area (Å²) < 4.78 is 18.1. The number of hydrogen-bond acceptors (Lipinski definition) is 6. The van der Waals surface area contributed by atoms with E-state index in [-0.39, 0.29) is 24.8 Å². The number of likely N-dealkylation sites (tertiary alicyclic amines) is 2. The lowest BCUT2D eigenvalue weighted by molar-refractivity contribution is -0.148. The topological polar surface area (TPSA) is 93.2 Å². The Bertz CT molecular complexity index is 1240. The number of fused-ring (bicyclic) bond motifs is 1. The Labute approximate surface area is 230 Å². The maximum absolute atomic E-state index is 15.8. The number of nitrogens with two attached hydrogens (primary N) is 1. The van der Waals surface area contributed by atoms with Gasteiger partial charge in [0.2, 0.25) is 0 Å². The molecule has 3 aromatic heterocycles. The number of rotatable bonds is 7. The molecule has 5 heterocycles. The Hall–Kier alpha value is -3.59. The molecule has 1 amide bonds. The molecule has 2 fully saturated rings. The van der Waals surface area contributed by atoms with Gasteiger partial charge in [0.25, 0.3) is 5.91 Å². The van der Waals surface area contributed by atoms with Crippen molar-refractivity contribution >= 4 is 17.1 Å². The van der Waals surface area contributed by atoms with E-state index in [9.17, 15) is 4.79 Å². The maximum Gasteiger partial charge on any atom is 0.260 e. The van der Waals surface area contributed by atoms with Crippen molar-refractivity contribution in [1.29, 1.82) is 0 Å². The second-order valence-corrected chi connectivity index (χ2v) is 10.2. The Morgan fingerprint density at radius 1 is 1.15 bits per heavy atom. The molecule has 0 spiro atoms. The Kier molecular flexibility index (Phi) is 9.81. The van der Waals surface area contributed by atoms with E-state index in [1.807, 2.05) is 30.5 Å². The van der Waals surface area contributed by atoms with Crippen LogP contribution in [0, 0.1) is 0 Å². The van der Waals surface area contributed by atoms with Crippen molar-refractivity contribution in [1.82, 2.24) is 29.3 Å². The molecule has 0 saturated carbocycles. The third kappa shape index (κ3) is 6.89. The summed E-state index contributed by atoms with van der Waals surface area (Å²) in [5.41, 5.74) is 5.75. The minimum atomic E-state index is -1.77. The molecule has 3 aromatic rings. The summed E-state index contributed by atoms with van der Waals surface area (Å²) >= 11 is 0. The highest BCUT2D eigenvalue weighted by Crippen LogP contribution is 2.33. The molecule has 2 aliphatic rings. The fourth-order valence-corrected chi connectivity index (χ4v) is 5.50. The second kappa shape index (κ2) is 13.5. The summed E-state index contributed by atoms with van der Waals surface area (Å²) in [5.74, 6) is 0.669. The van der Waals surface area contributed by atoms with Gasteiger partial charge in [0.15, 0.2) is 11.3 Å². The quantitative estimate of drug-likeness (QED) is 0.447. The molecule has 0 atom stereocenters. The van der Waals surface area contributed by atoms with E-state index in [2.05, 4.69) is 50.8 Å². The van der Waals surface area contributed by atoms with Gasteiger partial charge in [0.05, 0.1) is 0 Å². The second-order valence-electron chi connectivity index (χ2n) is 10.2. The number of nitrogens with zero attached hydrogens (tertiary/aromatic N) is 6. The van der Waals surface area contributed by atoms with Crippen LogP contribution in [0.3, 0.4) is 0 Å². The van der Waals surface area contributed by atoms with Gasteiger partial charge in [0.1, 0.15) is 11.3 Å². The van der Waals surface area contributed by atoms with Crippen LogP contribution in [0.1, 0.15) is 56.5 Å². The number of carbonyl (C=O) groups excluding carboxylic acids is 1. The van der Waals surface area contributed by atoms with E-state index in [0.717, 1.165) is 54.8 Å². The van der Waals surface area contributed by atoms with Crippen molar-refractivity contribution in [2.75, 3.05) is 26.2 Å². The molecule has 9 heteroatoms. The van der Waals surface area contributed by atoms with Crippen LogP contribution >= 0.6 is 0 Å². The summed E-state index contributed by atoms with van der Waals surface area (Å²) in [4.78, 5) is 30.8. The van der Waals surface area contributed by atoms with E-state index >= 15 is 4.39 Å². The molecule has 2 N–H and O–H groups in total. The van der Waals surface area contributed by atoms with Gasteiger partial charge < -0.3 is 15.2 Å². The average molecular weight is 534 g/mol. The lowest BCUT2D eigenvalue weighted by Gasteiger charge is -2.40. The summed E-state index contributed by atoms with van der Waals surface area (Å²) in [6.45, 7) is 8.28. The first kappa shape index (κ1) is 28.4. The zero-order chi connectivity index (χ0) is 27.7. The van der Waals surface area contributed by atoms with Crippen LogP contribution in [-0.2, 0) is 17.8 Å². The van der Waals surface area contributed by atoms with Gasteiger partial charge in [-0.25, -0.2) is 14.4 Å². The SMILES string of the molecule is C=CN.CC/C=C\Cc1nc2cccnc2n1C1CCN(C(=O)C2(F)CCN(Cc3cccnc3)CC2)CC1. The van der Waals surface area contributed by atoms with Crippen LogP contribution in [0.2, 0.25) is 0 Å². The first-order chi connectivity index (χ1) is 19.0. The number of imidazole rings is 1. The number of aromatic nitrogens is 4. The molecule has 0 aromatic carbocycles. The normalized spacial score (nSPS) is 18.2. The first-order valence-corrected chi connectivity index (χ1v) is 13.9. The standard InChI is InChI=1S/C28H35FN6O.C2H5N/c1-2-3-4-9-25-32-24-8-6-15-31-26(24)35(25)23-10-16-34(17-11-23)27(36)28(29)12-18-33(19-13-28)21-22-7-5-14-30-20-22;1-2-3/h3-8,14-15,20,23H,2,9-13,16-19,21H2,1H3;2H,1,3H2/b4-3-;. The molecule has 39 heavy (non-hydrogen) atoms. The fourth-order valence-electron chi connectivity index (χ4n) is 5.50. The van der Waals surface area contributed by atoms with Crippen LogP contribution in [0.5, 0.6) is 0 Å². The largest absolute Gasteiger partial charge is 0.405 e. The number of hydrogen-bond donors (Lipinski definition) is 1. The van der Waals surface area contributed by atoms with Gasteiger partial charge >= 0.3 is 0 Å². The van der Waals surface area contributed by atoms with Gasteiger partial charge in [-0.05, 0) is 49.2 Å². The third-order valence-corrected chi connectivity index (χ3v) is 7.50. The van der Waals surface area contributed by atoms with Crippen molar-refractivity contribution in [2.24, 2.45) is 5.73 Å². The summed E-state index contributed by atoms with van der Waals surface area (Å²) in [7, 11) is 0. The monoisotopic (exact) mass is 533 g/mol. The molecule has 2 aliphatic heterocycles. The molecule has 0 radical (unpaired) electrons. The average Bonchev–Trinajstić information content (AvgIpc) is 3.33. The van der Waals surface area contributed by atoms with Gasteiger partial charge in [-0.3, -0.25) is 14.7 Å². The molecule has 208 valence electrons. The highest BCUT2D eigenvalue weighted by molar-refractivity contribution is 5.85. The highest BCUT2D eigenvalue weighted by atomic mass is 19.1.